The molecular formula is C26H26ClFN4O. The number of halogens is 2. The lowest BCUT2D eigenvalue weighted by atomic mass is 10.1. The molecule has 4 rings (SSSR count). The Kier molecular flexibility index (Phi) is 7.25. The van der Waals surface area contributed by atoms with Crippen molar-refractivity contribution in [3.63, 3.8) is 0 Å². The summed E-state index contributed by atoms with van der Waals surface area (Å²) in [5.74, 6) is 0.0333. The van der Waals surface area contributed by atoms with E-state index in [2.05, 4.69) is 28.1 Å². The fourth-order valence-corrected chi connectivity index (χ4v) is 3.88. The molecule has 0 atom stereocenters. The van der Waals surface area contributed by atoms with Crippen LogP contribution in [0, 0.1) is 5.82 Å². The Hall–Kier alpha value is -3.38. The third kappa shape index (κ3) is 5.90. The first-order chi connectivity index (χ1) is 16.0. The van der Waals surface area contributed by atoms with E-state index < -0.39 is 0 Å². The molecule has 33 heavy (non-hydrogen) atoms. The summed E-state index contributed by atoms with van der Waals surface area (Å²) in [6.45, 7) is 4.91. The van der Waals surface area contributed by atoms with Crippen LogP contribution in [-0.4, -0.2) is 42.9 Å². The molecule has 1 fully saturated rings. The van der Waals surface area contributed by atoms with Crippen LogP contribution in [0.15, 0.2) is 77.8 Å². The number of anilines is 1. The number of aliphatic imine (C=N–C) groups is 1. The molecule has 170 valence electrons. The first kappa shape index (κ1) is 22.8. The van der Waals surface area contributed by atoms with Gasteiger partial charge in [0.05, 0.1) is 5.69 Å². The molecule has 5 nitrogen and oxygen atoms in total. The van der Waals surface area contributed by atoms with Crippen LogP contribution in [0.25, 0.3) is 0 Å². The number of guanidine groups is 1. The van der Waals surface area contributed by atoms with E-state index in [0.29, 0.717) is 29.6 Å². The second-order valence-corrected chi connectivity index (χ2v) is 8.31. The number of amides is 1. The maximum atomic E-state index is 13.3. The van der Waals surface area contributed by atoms with Crippen LogP contribution < -0.4 is 10.2 Å². The lowest BCUT2D eigenvalue weighted by Gasteiger charge is -2.37. The van der Waals surface area contributed by atoms with E-state index in [1.807, 2.05) is 18.2 Å². The zero-order chi connectivity index (χ0) is 23.2. The van der Waals surface area contributed by atoms with E-state index in [0.717, 1.165) is 30.9 Å². The highest BCUT2D eigenvalue weighted by Gasteiger charge is 2.22. The minimum absolute atomic E-state index is 0.238. The Morgan fingerprint density at radius 1 is 1.00 bits per heavy atom. The summed E-state index contributed by atoms with van der Waals surface area (Å²) >= 11 is 5.96. The average Bonchev–Trinajstić information content (AvgIpc) is 2.85. The summed E-state index contributed by atoms with van der Waals surface area (Å²) in [6, 6.07) is 21.3. The van der Waals surface area contributed by atoms with Crippen LogP contribution in [0.2, 0.25) is 5.02 Å². The minimum Gasteiger partial charge on any atom is -0.368 e. The van der Waals surface area contributed by atoms with Crippen molar-refractivity contribution in [2.24, 2.45) is 4.99 Å². The number of benzene rings is 3. The number of piperazine rings is 1. The zero-order valence-electron chi connectivity index (χ0n) is 18.5. The number of hydrogen-bond donors (Lipinski definition) is 1. The molecule has 0 aromatic heterocycles. The highest BCUT2D eigenvalue weighted by molar-refractivity contribution is 6.30. The van der Waals surface area contributed by atoms with Crippen molar-refractivity contribution in [1.82, 2.24) is 10.2 Å². The molecule has 0 bridgehead atoms. The number of nitrogens with zero attached hydrogens (tertiary/aromatic N) is 3. The van der Waals surface area contributed by atoms with Crippen LogP contribution >= 0.6 is 11.6 Å². The van der Waals surface area contributed by atoms with Gasteiger partial charge in [-0.25, -0.2) is 9.38 Å². The maximum Gasteiger partial charge on any atom is 0.257 e. The Balaban J connectivity index is 1.54. The molecule has 0 aliphatic carbocycles. The number of nitrogens with one attached hydrogen (secondary N) is 1. The third-order valence-corrected chi connectivity index (χ3v) is 5.91. The number of carbonyl (C=O) groups is 1. The van der Waals surface area contributed by atoms with Gasteiger partial charge in [-0.3, -0.25) is 10.1 Å². The summed E-state index contributed by atoms with van der Waals surface area (Å²) < 4.78 is 13.3. The van der Waals surface area contributed by atoms with Gasteiger partial charge < -0.3 is 9.80 Å². The first-order valence-electron chi connectivity index (χ1n) is 11.0. The molecule has 1 N–H and O–H groups in total. The lowest BCUT2D eigenvalue weighted by Crippen LogP contribution is -2.53. The van der Waals surface area contributed by atoms with Crippen molar-refractivity contribution in [3.05, 3.63) is 94.8 Å². The van der Waals surface area contributed by atoms with E-state index in [4.69, 9.17) is 16.6 Å². The van der Waals surface area contributed by atoms with Crippen LogP contribution in [0.3, 0.4) is 0 Å². The second kappa shape index (κ2) is 10.5. The van der Waals surface area contributed by atoms with E-state index in [1.54, 1.807) is 36.4 Å². The zero-order valence-corrected chi connectivity index (χ0v) is 19.2. The summed E-state index contributed by atoms with van der Waals surface area (Å²) in [6.07, 6.45) is 0.909. The Morgan fingerprint density at radius 3 is 2.36 bits per heavy atom. The van der Waals surface area contributed by atoms with Crippen molar-refractivity contribution in [1.29, 1.82) is 0 Å². The molecule has 0 saturated carbocycles. The quantitative estimate of drug-likeness (QED) is 0.422. The van der Waals surface area contributed by atoms with Crippen molar-refractivity contribution >= 4 is 34.8 Å². The molecule has 0 spiro atoms. The van der Waals surface area contributed by atoms with Gasteiger partial charge in [-0.2, -0.15) is 0 Å². The van der Waals surface area contributed by atoms with E-state index >= 15 is 0 Å². The Bertz CT molecular complexity index is 1120. The predicted molar refractivity (Wildman–Crippen MR) is 132 cm³/mol. The topological polar surface area (TPSA) is 47.9 Å². The first-order valence-corrected chi connectivity index (χ1v) is 11.4. The normalized spacial score (nSPS) is 14.3. The Morgan fingerprint density at radius 2 is 1.70 bits per heavy atom. The molecule has 1 aliphatic heterocycles. The monoisotopic (exact) mass is 464 g/mol. The van der Waals surface area contributed by atoms with Gasteiger partial charge in [0.25, 0.3) is 5.91 Å². The third-order valence-electron chi connectivity index (χ3n) is 5.66. The SMILES string of the molecule is CCc1cccc(N=C(NC(=O)c2ccc(Cl)cc2)N2CCN(c3ccc(F)cc3)CC2)c1. The molecule has 7 heteroatoms. The molecule has 1 aliphatic rings. The van der Waals surface area contributed by atoms with Crippen LogP contribution in [-0.2, 0) is 6.42 Å². The van der Waals surface area contributed by atoms with Gasteiger partial charge in [-0.15, -0.1) is 0 Å². The van der Waals surface area contributed by atoms with Crippen LogP contribution in [0.4, 0.5) is 15.8 Å². The van der Waals surface area contributed by atoms with Crippen molar-refractivity contribution in [3.8, 4) is 0 Å². The van der Waals surface area contributed by atoms with Gasteiger partial charge in [-0.05, 0) is 72.6 Å². The summed E-state index contributed by atoms with van der Waals surface area (Å²) in [7, 11) is 0. The highest BCUT2D eigenvalue weighted by Crippen LogP contribution is 2.19. The summed E-state index contributed by atoms with van der Waals surface area (Å²) in [5.41, 5.74) is 3.47. The van der Waals surface area contributed by atoms with Gasteiger partial charge in [0.1, 0.15) is 5.82 Å². The molecule has 0 unspecified atom stereocenters. The van der Waals surface area contributed by atoms with E-state index in [9.17, 15) is 9.18 Å². The molecule has 1 amide bonds. The maximum absolute atomic E-state index is 13.3. The molecular weight excluding hydrogens is 439 g/mol. The summed E-state index contributed by atoms with van der Waals surface area (Å²) in [4.78, 5) is 22.0. The van der Waals surface area contributed by atoms with Gasteiger partial charge >= 0.3 is 0 Å². The second-order valence-electron chi connectivity index (χ2n) is 7.87. The number of aryl methyl sites for hydroxylation is 1. The lowest BCUT2D eigenvalue weighted by molar-refractivity contribution is 0.0972. The highest BCUT2D eigenvalue weighted by atomic mass is 35.5. The van der Waals surface area contributed by atoms with Crippen molar-refractivity contribution in [2.75, 3.05) is 31.1 Å². The van der Waals surface area contributed by atoms with Gasteiger partial charge in [0.2, 0.25) is 5.96 Å². The van der Waals surface area contributed by atoms with Crippen molar-refractivity contribution < 1.29 is 9.18 Å². The van der Waals surface area contributed by atoms with Crippen LogP contribution in [0.1, 0.15) is 22.8 Å². The molecule has 3 aromatic carbocycles. The Labute approximate surface area is 198 Å². The molecule has 1 saturated heterocycles. The average molecular weight is 465 g/mol. The largest absolute Gasteiger partial charge is 0.368 e. The van der Waals surface area contributed by atoms with Gasteiger partial charge in [-0.1, -0.05) is 30.7 Å². The fourth-order valence-electron chi connectivity index (χ4n) is 3.75. The fraction of sp³-hybridized carbons (Fsp3) is 0.231. The van der Waals surface area contributed by atoms with Gasteiger partial charge in [0, 0.05) is 42.5 Å². The number of rotatable bonds is 4. The van der Waals surface area contributed by atoms with Crippen LogP contribution in [0.5, 0.6) is 0 Å². The van der Waals surface area contributed by atoms with Crippen molar-refractivity contribution in [2.45, 2.75) is 13.3 Å². The van der Waals surface area contributed by atoms with Gasteiger partial charge in [0.15, 0.2) is 0 Å². The number of carbonyl (C=O) groups excluding carboxylic acids is 1. The summed E-state index contributed by atoms with van der Waals surface area (Å²) in [5, 5.41) is 3.57. The molecule has 1 heterocycles. The predicted octanol–water partition coefficient (Wildman–Crippen LogP) is 5.28. The molecule has 0 radical (unpaired) electrons. The van der Waals surface area contributed by atoms with E-state index in [-0.39, 0.29) is 11.7 Å². The minimum atomic E-state index is -0.244. The number of hydrogen-bond acceptors (Lipinski definition) is 3. The smallest absolute Gasteiger partial charge is 0.257 e. The van der Waals surface area contributed by atoms with E-state index in [1.165, 1.54) is 17.7 Å². The standard InChI is InChI=1S/C26H26ClFN4O/c1-2-19-4-3-5-23(18-19)29-26(30-25(33)20-6-8-21(27)9-7-20)32-16-14-31(15-17-32)24-12-10-22(28)11-13-24/h3-13,18H,2,14-17H2,1H3,(H,29,30,33). The molecule has 3 aromatic rings.